The van der Waals surface area contributed by atoms with Crippen molar-refractivity contribution in [2.45, 2.75) is 58.0 Å². The second-order valence-corrected chi connectivity index (χ2v) is 5.47. The van der Waals surface area contributed by atoms with Crippen LogP contribution >= 0.6 is 0 Å². The minimum atomic E-state index is 0.218. The van der Waals surface area contributed by atoms with Crippen LogP contribution in [-0.4, -0.2) is 54.1 Å². The number of hydrogen-bond donors (Lipinski definition) is 2. The highest BCUT2D eigenvalue weighted by molar-refractivity contribution is 5.75. The van der Waals surface area contributed by atoms with Crippen molar-refractivity contribution in [2.24, 2.45) is 0 Å². The first kappa shape index (κ1) is 15.6. The zero-order valence-corrected chi connectivity index (χ0v) is 11.8. The van der Waals surface area contributed by atoms with Crippen LogP contribution in [0, 0.1) is 0 Å². The molecule has 4 heteroatoms. The normalized spacial score (nSPS) is 24.6. The largest absolute Gasteiger partial charge is 0.395 e. The maximum absolute atomic E-state index is 10.8. The van der Waals surface area contributed by atoms with Crippen LogP contribution in [0.5, 0.6) is 0 Å². The summed E-state index contributed by atoms with van der Waals surface area (Å²) in [6.07, 6.45) is 5.27. The standard InChI is InChI=1S/C14H28N2O2/c1-12-10-14(15-7-9-17)11-16(12)8-5-3-4-6-13(2)18/h12,14-15,17H,3-11H2,1-2H3. The van der Waals surface area contributed by atoms with Crippen molar-refractivity contribution in [3.63, 3.8) is 0 Å². The van der Waals surface area contributed by atoms with Gasteiger partial charge in [0.05, 0.1) is 6.61 Å². The Morgan fingerprint density at radius 1 is 1.39 bits per heavy atom. The fourth-order valence-corrected chi connectivity index (χ4v) is 2.69. The smallest absolute Gasteiger partial charge is 0.129 e. The fraction of sp³-hybridized carbons (Fsp3) is 0.929. The summed E-state index contributed by atoms with van der Waals surface area (Å²) in [5.74, 6) is 0.304. The molecule has 0 spiro atoms. The Kier molecular flexibility index (Phi) is 7.47. The predicted octanol–water partition coefficient (Wildman–Crippen LogP) is 1.18. The highest BCUT2D eigenvalue weighted by Gasteiger charge is 2.27. The lowest BCUT2D eigenvalue weighted by Gasteiger charge is -2.20. The van der Waals surface area contributed by atoms with E-state index in [9.17, 15) is 4.79 Å². The van der Waals surface area contributed by atoms with Gasteiger partial charge in [0.25, 0.3) is 0 Å². The summed E-state index contributed by atoms with van der Waals surface area (Å²) in [5.41, 5.74) is 0. The Labute approximate surface area is 111 Å². The first-order valence-electron chi connectivity index (χ1n) is 7.21. The Morgan fingerprint density at radius 2 is 2.17 bits per heavy atom. The number of carbonyl (C=O) groups excluding carboxylic acids is 1. The number of rotatable bonds is 9. The van der Waals surface area contributed by atoms with Crippen molar-refractivity contribution in [3.05, 3.63) is 0 Å². The Bertz CT molecular complexity index is 246. The van der Waals surface area contributed by atoms with Gasteiger partial charge in [0.2, 0.25) is 0 Å². The number of nitrogens with zero attached hydrogens (tertiary/aromatic N) is 1. The number of unbranched alkanes of at least 4 members (excludes halogenated alkanes) is 2. The van der Waals surface area contributed by atoms with Crippen LogP contribution in [0.2, 0.25) is 0 Å². The molecule has 0 aromatic heterocycles. The van der Waals surface area contributed by atoms with Crippen molar-refractivity contribution in [2.75, 3.05) is 26.2 Å². The zero-order valence-electron chi connectivity index (χ0n) is 11.8. The molecule has 4 nitrogen and oxygen atoms in total. The summed E-state index contributed by atoms with van der Waals surface area (Å²) in [6.45, 7) is 7.08. The first-order chi connectivity index (χ1) is 8.63. The number of nitrogens with one attached hydrogen (secondary N) is 1. The number of carbonyl (C=O) groups is 1. The number of aliphatic hydroxyl groups excluding tert-OH is 1. The van der Waals surface area contributed by atoms with Crippen molar-refractivity contribution < 1.29 is 9.90 Å². The minimum Gasteiger partial charge on any atom is -0.395 e. The average molecular weight is 256 g/mol. The lowest BCUT2D eigenvalue weighted by Crippen LogP contribution is -2.34. The van der Waals surface area contributed by atoms with Gasteiger partial charge in [-0.1, -0.05) is 6.42 Å². The van der Waals surface area contributed by atoms with E-state index in [0.29, 0.717) is 24.4 Å². The molecule has 0 aromatic rings. The molecule has 106 valence electrons. The van der Waals surface area contributed by atoms with Crippen molar-refractivity contribution in [1.29, 1.82) is 0 Å². The minimum absolute atomic E-state index is 0.218. The summed E-state index contributed by atoms with van der Waals surface area (Å²) in [7, 11) is 0. The van der Waals surface area contributed by atoms with E-state index in [2.05, 4.69) is 17.1 Å². The van der Waals surface area contributed by atoms with Crippen LogP contribution in [0.3, 0.4) is 0 Å². The molecule has 2 atom stereocenters. The third kappa shape index (κ3) is 5.94. The summed E-state index contributed by atoms with van der Waals surface area (Å²) in [4.78, 5) is 13.3. The Morgan fingerprint density at radius 3 is 2.83 bits per heavy atom. The molecular weight excluding hydrogens is 228 g/mol. The third-order valence-corrected chi connectivity index (χ3v) is 3.72. The van der Waals surface area contributed by atoms with Gasteiger partial charge in [0.15, 0.2) is 0 Å². The maximum Gasteiger partial charge on any atom is 0.129 e. The molecule has 0 aromatic carbocycles. The summed E-state index contributed by atoms with van der Waals surface area (Å²) in [6, 6.07) is 1.17. The highest BCUT2D eigenvalue weighted by atomic mass is 16.3. The van der Waals surface area contributed by atoms with E-state index in [-0.39, 0.29) is 6.61 Å². The molecule has 0 bridgehead atoms. The molecule has 0 saturated carbocycles. The van der Waals surface area contributed by atoms with E-state index < -0.39 is 0 Å². The molecule has 0 aliphatic carbocycles. The zero-order chi connectivity index (χ0) is 13.4. The molecule has 0 amide bonds. The van der Waals surface area contributed by atoms with Gasteiger partial charge < -0.3 is 15.2 Å². The van der Waals surface area contributed by atoms with Gasteiger partial charge in [-0.05, 0) is 39.7 Å². The van der Waals surface area contributed by atoms with E-state index in [1.165, 1.54) is 12.8 Å². The molecule has 2 N–H and O–H groups in total. The number of aliphatic hydroxyl groups is 1. The molecule has 18 heavy (non-hydrogen) atoms. The van der Waals surface area contributed by atoms with Crippen LogP contribution in [0.25, 0.3) is 0 Å². The molecule has 1 saturated heterocycles. The average Bonchev–Trinajstić information content (AvgIpc) is 2.67. The second kappa shape index (κ2) is 8.62. The highest BCUT2D eigenvalue weighted by Crippen LogP contribution is 2.18. The summed E-state index contributed by atoms with van der Waals surface area (Å²) >= 11 is 0. The van der Waals surface area contributed by atoms with Crippen molar-refractivity contribution in [3.8, 4) is 0 Å². The van der Waals surface area contributed by atoms with Gasteiger partial charge in [-0.2, -0.15) is 0 Å². The lowest BCUT2D eigenvalue weighted by atomic mass is 10.1. The molecule has 1 rings (SSSR count). The molecule has 0 radical (unpaired) electrons. The Hall–Kier alpha value is -0.450. The monoisotopic (exact) mass is 256 g/mol. The van der Waals surface area contributed by atoms with Gasteiger partial charge in [-0.3, -0.25) is 4.90 Å². The van der Waals surface area contributed by atoms with Crippen LogP contribution in [-0.2, 0) is 4.79 Å². The van der Waals surface area contributed by atoms with Gasteiger partial charge in [-0.25, -0.2) is 0 Å². The number of likely N-dealkylation sites (tertiary alicyclic amines) is 1. The summed E-state index contributed by atoms with van der Waals surface area (Å²) < 4.78 is 0. The van der Waals surface area contributed by atoms with Crippen molar-refractivity contribution >= 4 is 5.78 Å². The van der Waals surface area contributed by atoms with E-state index in [0.717, 1.165) is 32.4 Å². The molecular formula is C14H28N2O2. The van der Waals surface area contributed by atoms with Gasteiger partial charge in [0.1, 0.15) is 5.78 Å². The first-order valence-corrected chi connectivity index (χ1v) is 7.21. The van der Waals surface area contributed by atoms with Crippen LogP contribution in [0.15, 0.2) is 0 Å². The van der Waals surface area contributed by atoms with Gasteiger partial charge >= 0.3 is 0 Å². The van der Waals surface area contributed by atoms with Crippen LogP contribution in [0.4, 0.5) is 0 Å². The van der Waals surface area contributed by atoms with E-state index in [1.54, 1.807) is 6.92 Å². The van der Waals surface area contributed by atoms with Crippen molar-refractivity contribution in [1.82, 2.24) is 10.2 Å². The number of ketones is 1. The molecule has 2 unspecified atom stereocenters. The SMILES string of the molecule is CC(=O)CCCCCN1CC(NCCO)CC1C. The van der Waals surface area contributed by atoms with Crippen LogP contribution < -0.4 is 5.32 Å². The van der Waals surface area contributed by atoms with E-state index in [1.807, 2.05) is 0 Å². The van der Waals surface area contributed by atoms with E-state index in [4.69, 9.17) is 5.11 Å². The number of Topliss-reactive ketones (excluding diaryl/α,β-unsaturated/α-hetero) is 1. The predicted molar refractivity (Wildman–Crippen MR) is 73.7 cm³/mol. The molecule has 1 heterocycles. The third-order valence-electron chi connectivity index (χ3n) is 3.72. The van der Waals surface area contributed by atoms with E-state index >= 15 is 0 Å². The molecule has 1 fully saturated rings. The van der Waals surface area contributed by atoms with Gasteiger partial charge in [-0.15, -0.1) is 0 Å². The molecule has 1 aliphatic rings. The maximum atomic E-state index is 10.8. The Balaban J connectivity index is 2.09. The fourth-order valence-electron chi connectivity index (χ4n) is 2.69. The van der Waals surface area contributed by atoms with Gasteiger partial charge in [0, 0.05) is 31.6 Å². The van der Waals surface area contributed by atoms with Crippen LogP contribution in [0.1, 0.15) is 46.0 Å². The second-order valence-electron chi connectivity index (χ2n) is 5.47. The summed E-state index contributed by atoms with van der Waals surface area (Å²) in [5, 5.41) is 12.2. The quantitative estimate of drug-likeness (QED) is 0.608. The lowest BCUT2D eigenvalue weighted by molar-refractivity contribution is -0.117. The number of hydrogen-bond acceptors (Lipinski definition) is 4. The topological polar surface area (TPSA) is 52.6 Å². The molecule has 1 aliphatic heterocycles.